The molecular weight excluding hydrogens is 403 g/mol. The molecule has 6 heteroatoms. The molecule has 0 atom stereocenters. The van der Waals surface area contributed by atoms with Gasteiger partial charge in [0, 0.05) is 12.7 Å². The summed E-state index contributed by atoms with van der Waals surface area (Å²) in [4.78, 5) is 8.84. The second-order valence-electron chi connectivity index (χ2n) is 4.80. The molecule has 0 aliphatic carbocycles. The zero-order valence-electron chi connectivity index (χ0n) is 13.2. The first-order valence-corrected chi connectivity index (χ1v) is 7.43. The number of aliphatic imine (C=N–C) groups is 1. The molecule has 0 amide bonds. The Labute approximate surface area is 154 Å². The van der Waals surface area contributed by atoms with Gasteiger partial charge in [-0.2, -0.15) is 0 Å². The van der Waals surface area contributed by atoms with E-state index in [0.29, 0.717) is 13.1 Å². The minimum absolute atomic E-state index is 0. The van der Waals surface area contributed by atoms with Gasteiger partial charge in [0.05, 0.1) is 25.4 Å². The van der Waals surface area contributed by atoms with E-state index in [-0.39, 0.29) is 30.6 Å². The summed E-state index contributed by atoms with van der Waals surface area (Å²) in [6.07, 6.45) is 1.78. The maximum Gasteiger partial charge on any atom is 0.191 e. The van der Waals surface area contributed by atoms with Crippen molar-refractivity contribution in [1.29, 1.82) is 0 Å². The van der Waals surface area contributed by atoms with Gasteiger partial charge in [0.15, 0.2) is 5.96 Å². The number of hydrogen-bond donors (Lipinski definition) is 3. The Morgan fingerprint density at radius 1 is 1.09 bits per heavy atom. The molecule has 0 fully saturated rings. The number of nitrogens with one attached hydrogen (secondary N) is 2. The molecule has 3 N–H and O–H groups in total. The summed E-state index contributed by atoms with van der Waals surface area (Å²) >= 11 is 0. The van der Waals surface area contributed by atoms with Crippen LogP contribution in [-0.4, -0.2) is 22.6 Å². The summed E-state index contributed by atoms with van der Waals surface area (Å²) in [5, 5.41) is 15.8. The number of rotatable bonds is 6. The predicted molar refractivity (Wildman–Crippen MR) is 104 cm³/mol. The fourth-order valence-electron chi connectivity index (χ4n) is 2.05. The Morgan fingerprint density at radius 2 is 1.83 bits per heavy atom. The number of benzene rings is 1. The van der Waals surface area contributed by atoms with Gasteiger partial charge in [0.1, 0.15) is 0 Å². The summed E-state index contributed by atoms with van der Waals surface area (Å²) in [6, 6.07) is 13.6. The molecule has 0 radical (unpaired) electrons. The topological polar surface area (TPSA) is 69.5 Å². The second-order valence-corrected chi connectivity index (χ2v) is 4.80. The molecule has 0 saturated carbocycles. The van der Waals surface area contributed by atoms with E-state index in [4.69, 9.17) is 0 Å². The van der Waals surface area contributed by atoms with Crippen LogP contribution in [0, 0.1) is 0 Å². The van der Waals surface area contributed by atoms with Crippen molar-refractivity contribution in [2.24, 2.45) is 4.99 Å². The maximum absolute atomic E-state index is 9.35. The Morgan fingerprint density at radius 3 is 2.48 bits per heavy atom. The summed E-state index contributed by atoms with van der Waals surface area (Å²) in [5.41, 5.74) is 2.90. The van der Waals surface area contributed by atoms with Crippen molar-refractivity contribution < 1.29 is 5.11 Å². The molecule has 124 valence electrons. The van der Waals surface area contributed by atoms with Crippen LogP contribution >= 0.6 is 24.0 Å². The fraction of sp³-hybridized carbons (Fsp3) is 0.294. The molecule has 0 spiro atoms. The van der Waals surface area contributed by atoms with Crippen LogP contribution in [0.4, 0.5) is 0 Å². The number of guanidine groups is 1. The molecule has 1 aromatic heterocycles. The summed E-state index contributed by atoms with van der Waals surface area (Å²) < 4.78 is 0. The lowest BCUT2D eigenvalue weighted by molar-refractivity contribution is 0.280. The molecule has 0 unspecified atom stereocenters. The SMILES string of the molecule is CCNC(=NCc1ccccc1CO)NCc1ccccn1.I. The Hall–Kier alpha value is -1.67. The highest BCUT2D eigenvalue weighted by Gasteiger charge is 2.02. The molecule has 1 aromatic carbocycles. The van der Waals surface area contributed by atoms with Crippen LogP contribution in [0.1, 0.15) is 23.7 Å². The summed E-state index contributed by atoms with van der Waals surface area (Å²) in [7, 11) is 0. The van der Waals surface area contributed by atoms with Crippen molar-refractivity contribution in [2.75, 3.05) is 6.54 Å². The Balaban J connectivity index is 0.00000264. The van der Waals surface area contributed by atoms with Gasteiger partial charge in [-0.05, 0) is 30.2 Å². The third-order valence-corrected chi connectivity index (χ3v) is 3.20. The lowest BCUT2D eigenvalue weighted by Gasteiger charge is -2.11. The first-order chi connectivity index (χ1) is 10.8. The molecule has 0 saturated heterocycles. The van der Waals surface area contributed by atoms with Crippen LogP contribution in [0.2, 0.25) is 0 Å². The predicted octanol–water partition coefficient (Wildman–Crippen LogP) is 2.45. The molecule has 1 heterocycles. The zero-order chi connectivity index (χ0) is 15.6. The smallest absolute Gasteiger partial charge is 0.191 e. The normalized spacial score (nSPS) is 10.8. The highest BCUT2D eigenvalue weighted by atomic mass is 127. The monoisotopic (exact) mass is 426 g/mol. The quantitative estimate of drug-likeness (QED) is 0.377. The van der Waals surface area contributed by atoms with Gasteiger partial charge in [0.2, 0.25) is 0 Å². The van der Waals surface area contributed by atoms with E-state index in [1.54, 1.807) is 6.20 Å². The van der Waals surface area contributed by atoms with Crippen LogP contribution in [0.25, 0.3) is 0 Å². The standard InChI is InChI=1S/C17H22N4O.HI/c1-2-18-17(21-12-16-9-5-6-10-19-16)20-11-14-7-3-4-8-15(14)13-22;/h3-10,22H,2,11-13H2,1H3,(H2,18,20,21);1H. The minimum Gasteiger partial charge on any atom is -0.392 e. The van der Waals surface area contributed by atoms with Gasteiger partial charge in [-0.3, -0.25) is 4.98 Å². The van der Waals surface area contributed by atoms with Gasteiger partial charge in [0.25, 0.3) is 0 Å². The summed E-state index contributed by atoms with van der Waals surface area (Å²) in [5.74, 6) is 0.737. The average Bonchev–Trinajstić information content (AvgIpc) is 2.58. The number of pyridine rings is 1. The number of aliphatic hydroxyl groups excluding tert-OH is 1. The van der Waals surface area contributed by atoms with Gasteiger partial charge in [-0.25, -0.2) is 4.99 Å². The third kappa shape index (κ3) is 6.54. The first-order valence-electron chi connectivity index (χ1n) is 7.43. The van der Waals surface area contributed by atoms with Crippen LogP contribution in [-0.2, 0) is 19.7 Å². The van der Waals surface area contributed by atoms with Gasteiger partial charge >= 0.3 is 0 Å². The molecule has 23 heavy (non-hydrogen) atoms. The first kappa shape index (κ1) is 19.4. The zero-order valence-corrected chi connectivity index (χ0v) is 15.5. The Bertz CT molecular complexity index is 605. The van der Waals surface area contributed by atoms with Crippen molar-refractivity contribution in [3.63, 3.8) is 0 Å². The van der Waals surface area contributed by atoms with Crippen molar-refractivity contribution in [3.05, 3.63) is 65.5 Å². The van der Waals surface area contributed by atoms with Crippen molar-refractivity contribution in [3.8, 4) is 0 Å². The van der Waals surface area contributed by atoms with E-state index < -0.39 is 0 Å². The largest absolute Gasteiger partial charge is 0.392 e. The van der Waals surface area contributed by atoms with E-state index in [0.717, 1.165) is 29.3 Å². The van der Waals surface area contributed by atoms with E-state index in [2.05, 4.69) is 20.6 Å². The van der Waals surface area contributed by atoms with E-state index in [1.165, 1.54) is 0 Å². The highest BCUT2D eigenvalue weighted by molar-refractivity contribution is 14.0. The van der Waals surface area contributed by atoms with Crippen LogP contribution in [0.15, 0.2) is 53.7 Å². The molecule has 0 aliphatic rings. The van der Waals surface area contributed by atoms with Crippen molar-refractivity contribution >= 4 is 29.9 Å². The van der Waals surface area contributed by atoms with Crippen LogP contribution in [0.3, 0.4) is 0 Å². The van der Waals surface area contributed by atoms with E-state index in [1.807, 2.05) is 49.4 Å². The van der Waals surface area contributed by atoms with E-state index in [9.17, 15) is 5.11 Å². The van der Waals surface area contributed by atoms with Crippen LogP contribution in [0.5, 0.6) is 0 Å². The molecular formula is C17H23IN4O. The Kier molecular flexibility index (Phi) is 9.23. The number of hydrogen-bond acceptors (Lipinski definition) is 3. The average molecular weight is 426 g/mol. The maximum atomic E-state index is 9.35. The molecule has 0 aliphatic heterocycles. The minimum atomic E-state index is 0. The van der Waals surface area contributed by atoms with Gasteiger partial charge in [-0.1, -0.05) is 30.3 Å². The number of aromatic nitrogens is 1. The lowest BCUT2D eigenvalue weighted by Crippen LogP contribution is -2.37. The number of nitrogens with zero attached hydrogens (tertiary/aromatic N) is 2. The lowest BCUT2D eigenvalue weighted by atomic mass is 10.1. The molecule has 2 rings (SSSR count). The molecule has 5 nitrogen and oxygen atoms in total. The second kappa shape index (κ2) is 11.0. The molecule has 0 bridgehead atoms. The number of aliphatic hydroxyl groups is 1. The summed E-state index contributed by atoms with van der Waals surface area (Å²) in [6.45, 7) is 3.99. The van der Waals surface area contributed by atoms with Crippen molar-refractivity contribution in [1.82, 2.24) is 15.6 Å². The van der Waals surface area contributed by atoms with Gasteiger partial charge in [-0.15, -0.1) is 24.0 Å². The molecule has 2 aromatic rings. The third-order valence-electron chi connectivity index (χ3n) is 3.20. The fourth-order valence-corrected chi connectivity index (χ4v) is 2.05. The highest BCUT2D eigenvalue weighted by Crippen LogP contribution is 2.09. The number of halogens is 1. The van der Waals surface area contributed by atoms with Gasteiger partial charge < -0.3 is 15.7 Å². The van der Waals surface area contributed by atoms with E-state index >= 15 is 0 Å². The van der Waals surface area contributed by atoms with Crippen molar-refractivity contribution in [2.45, 2.75) is 26.6 Å². The van der Waals surface area contributed by atoms with Crippen LogP contribution < -0.4 is 10.6 Å².